The number of epoxide rings is 1. The highest BCUT2D eigenvalue weighted by molar-refractivity contribution is 7.80. The zero-order valence-electron chi connectivity index (χ0n) is 33.1. The number of aromatic nitrogens is 1. The van der Waals surface area contributed by atoms with E-state index < -0.39 is 90.1 Å². The fourth-order valence-electron chi connectivity index (χ4n) is 6.75. The summed E-state index contributed by atoms with van der Waals surface area (Å²) in [6.07, 6.45) is 0.540. The zero-order chi connectivity index (χ0) is 44.3. The molecule has 20 nitrogen and oxygen atoms in total. The number of pyridine rings is 1. The van der Waals surface area contributed by atoms with E-state index in [9.17, 15) is 48.3 Å². The van der Waals surface area contributed by atoms with E-state index in [0.717, 1.165) is 10.5 Å². The van der Waals surface area contributed by atoms with Crippen molar-refractivity contribution >= 4 is 71.5 Å². The number of hydrogen-bond donors (Lipinski definition) is 8. The van der Waals surface area contributed by atoms with Crippen molar-refractivity contribution in [1.29, 1.82) is 0 Å². The Morgan fingerprint density at radius 2 is 1.71 bits per heavy atom. The number of piperidine rings is 1. The maximum Gasteiger partial charge on any atom is 0.344 e. The number of ether oxygens (including phenoxy) is 2. The SMILES string of the molecule is O=C(CNC(=O)C(CS)NC(=O)C(CCc1ccc(O)cc1)NC(=O)CCCNc1cccc2c1C(=O)N(C1CCC(=O)NC1=O)C2=O)NCC1OC1C(=O)Oc1ccccn1. The van der Waals surface area contributed by atoms with Crippen LogP contribution in [0.5, 0.6) is 11.6 Å². The Morgan fingerprint density at radius 3 is 2.44 bits per heavy atom. The molecular weight excluding hydrogens is 829 g/mol. The standard InChI is InChI=1S/C41H44N8O12S/c50-23-12-9-22(10-13-23)11-14-26(37(55)47-27(21-62)36(54)45-20-32(53)44-19-29-35(60-29)41(59)61-33-8-1-2-17-43-33)46-30(51)7-4-18-42-25-6-3-5-24-34(25)40(58)49(39(24)57)28-15-16-31(52)48-38(28)56/h1-3,5-6,8-10,12-13,17,26-29,35,42,50,62H,4,7,11,14-16,18-21H2,(H,44,53)(H,45,54)(H,46,51)(H,47,55)(H,48,52,56). The molecule has 0 bridgehead atoms. The number of thiol groups is 1. The number of rotatable bonds is 20. The van der Waals surface area contributed by atoms with Gasteiger partial charge < -0.3 is 41.2 Å². The number of phenolic OH excluding ortho intramolecular Hbond substituents is 1. The number of carbonyl (C=O) groups excluding carboxylic acids is 9. The molecule has 0 radical (unpaired) electrons. The van der Waals surface area contributed by atoms with Crippen LogP contribution in [-0.2, 0) is 44.7 Å². The molecular formula is C41H44N8O12S. The van der Waals surface area contributed by atoms with Crippen LogP contribution in [0.1, 0.15) is 58.4 Å². The molecule has 2 fully saturated rings. The molecule has 326 valence electrons. The van der Waals surface area contributed by atoms with Crippen molar-refractivity contribution in [2.24, 2.45) is 0 Å². The summed E-state index contributed by atoms with van der Waals surface area (Å²) in [4.78, 5) is 120. The molecule has 8 amide bonds. The van der Waals surface area contributed by atoms with E-state index in [2.05, 4.69) is 49.5 Å². The van der Waals surface area contributed by atoms with Crippen LogP contribution in [0, 0.1) is 0 Å². The van der Waals surface area contributed by atoms with Crippen molar-refractivity contribution in [2.45, 2.75) is 68.9 Å². The molecule has 3 aliphatic heterocycles. The highest BCUT2D eigenvalue weighted by Gasteiger charge is 2.47. The maximum atomic E-state index is 13.6. The van der Waals surface area contributed by atoms with E-state index in [1.807, 2.05) is 0 Å². The van der Waals surface area contributed by atoms with Crippen molar-refractivity contribution in [3.05, 3.63) is 83.6 Å². The number of hydrogen-bond acceptors (Lipinski definition) is 15. The van der Waals surface area contributed by atoms with Crippen LogP contribution in [0.2, 0.25) is 0 Å². The van der Waals surface area contributed by atoms with Crippen LogP contribution in [0.4, 0.5) is 5.69 Å². The van der Waals surface area contributed by atoms with Crippen molar-refractivity contribution < 1.29 is 57.7 Å². The van der Waals surface area contributed by atoms with Crippen molar-refractivity contribution in [3.63, 3.8) is 0 Å². The first-order valence-electron chi connectivity index (χ1n) is 19.7. The molecule has 6 rings (SSSR count). The Labute approximate surface area is 359 Å². The molecule has 21 heteroatoms. The maximum absolute atomic E-state index is 13.6. The second-order valence-electron chi connectivity index (χ2n) is 14.5. The normalized spacial score (nSPS) is 18.7. The van der Waals surface area contributed by atoms with Gasteiger partial charge >= 0.3 is 5.97 Å². The fourth-order valence-corrected chi connectivity index (χ4v) is 7.01. The lowest BCUT2D eigenvalue weighted by Gasteiger charge is -2.27. The van der Waals surface area contributed by atoms with Crippen LogP contribution in [-0.4, -0.2) is 124 Å². The largest absolute Gasteiger partial charge is 0.508 e. The van der Waals surface area contributed by atoms with E-state index in [1.54, 1.807) is 36.4 Å². The Balaban J connectivity index is 0.973. The Morgan fingerprint density at radius 1 is 0.919 bits per heavy atom. The predicted molar refractivity (Wildman–Crippen MR) is 220 cm³/mol. The summed E-state index contributed by atoms with van der Waals surface area (Å²) in [6, 6.07) is 12.3. The van der Waals surface area contributed by atoms with Crippen LogP contribution in [0.15, 0.2) is 66.9 Å². The summed E-state index contributed by atoms with van der Waals surface area (Å²) in [5.74, 6) is -5.69. The number of amides is 8. The Bertz CT molecular complexity index is 2230. The third kappa shape index (κ3) is 11.5. The number of nitrogens with one attached hydrogen (secondary N) is 6. The number of nitrogens with zero attached hydrogens (tertiary/aromatic N) is 2. The summed E-state index contributed by atoms with van der Waals surface area (Å²) in [7, 11) is 0. The molecule has 5 unspecified atom stereocenters. The van der Waals surface area contributed by atoms with Gasteiger partial charge in [0.2, 0.25) is 41.3 Å². The van der Waals surface area contributed by atoms with Gasteiger partial charge in [-0.05, 0) is 61.6 Å². The number of carbonyl (C=O) groups is 9. The highest BCUT2D eigenvalue weighted by Crippen LogP contribution is 2.32. The molecule has 2 saturated heterocycles. The van der Waals surface area contributed by atoms with E-state index in [1.165, 1.54) is 30.5 Å². The summed E-state index contributed by atoms with van der Waals surface area (Å²) in [5, 5.41) is 25.2. The van der Waals surface area contributed by atoms with Gasteiger partial charge in [0.25, 0.3) is 11.8 Å². The van der Waals surface area contributed by atoms with E-state index in [0.29, 0.717) is 12.1 Å². The van der Waals surface area contributed by atoms with Crippen LogP contribution in [0.25, 0.3) is 0 Å². The van der Waals surface area contributed by atoms with E-state index in [-0.39, 0.29) is 73.7 Å². The Hall–Kier alpha value is -6.87. The minimum absolute atomic E-state index is 0.0122. The minimum Gasteiger partial charge on any atom is -0.508 e. The summed E-state index contributed by atoms with van der Waals surface area (Å²) < 4.78 is 10.4. The first-order chi connectivity index (χ1) is 29.8. The third-order valence-electron chi connectivity index (χ3n) is 10.1. The lowest BCUT2D eigenvalue weighted by atomic mass is 10.0. The third-order valence-corrected chi connectivity index (χ3v) is 10.4. The fraction of sp³-hybridized carbons (Fsp3) is 0.366. The molecule has 0 saturated carbocycles. The molecule has 7 N–H and O–H groups in total. The summed E-state index contributed by atoms with van der Waals surface area (Å²) >= 11 is 4.20. The molecule has 62 heavy (non-hydrogen) atoms. The predicted octanol–water partition coefficient (Wildman–Crippen LogP) is -0.482. The lowest BCUT2D eigenvalue weighted by Crippen LogP contribution is -2.55. The number of anilines is 1. The molecule has 1 aromatic heterocycles. The first-order valence-corrected chi connectivity index (χ1v) is 20.4. The van der Waals surface area contributed by atoms with Crippen molar-refractivity contribution in [3.8, 4) is 11.6 Å². The monoisotopic (exact) mass is 872 g/mol. The first kappa shape index (κ1) is 44.7. The lowest BCUT2D eigenvalue weighted by molar-refractivity contribution is -0.137. The number of benzene rings is 2. The average Bonchev–Trinajstić information content (AvgIpc) is 4.00. The summed E-state index contributed by atoms with van der Waals surface area (Å²) in [6.45, 7) is -0.309. The van der Waals surface area contributed by atoms with Crippen LogP contribution >= 0.6 is 12.6 Å². The van der Waals surface area contributed by atoms with Gasteiger partial charge in [0.05, 0.1) is 17.7 Å². The Kier molecular flexibility index (Phi) is 14.8. The van der Waals surface area contributed by atoms with Gasteiger partial charge in [-0.25, -0.2) is 9.78 Å². The highest BCUT2D eigenvalue weighted by atomic mass is 32.1. The molecule has 2 aromatic carbocycles. The number of fused-ring (bicyclic) bond motifs is 1. The number of aryl methyl sites for hydroxylation is 1. The number of phenols is 1. The molecule has 5 atom stereocenters. The van der Waals surface area contributed by atoms with Gasteiger partial charge in [-0.1, -0.05) is 24.3 Å². The second kappa shape index (κ2) is 20.6. The summed E-state index contributed by atoms with van der Waals surface area (Å²) in [5.41, 5.74) is 1.26. The molecule has 4 heterocycles. The zero-order valence-corrected chi connectivity index (χ0v) is 34.0. The topological polar surface area (TPSA) is 284 Å². The number of imide groups is 2. The van der Waals surface area contributed by atoms with Crippen LogP contribution < -0.4 is 36.6 Å². The molecule has 3 aliphatic rings. The molecule has 0 aliphatic carbocycles. The smallest absolute Gasteiger partial charge is 0.344 e. The van der Waals surface area contributed by atoms with Gasteiger partial charge in [-0.3, -0.25) is 48.6 Å². The number of esters is 1. The van der Waals surface area contributed by atoms with Crippen molar-refractivity contribution in [2.75, 3.05) is 30.7 Å². The molecule has 0 spiro atoms. The van der Waals surface area contributed by atoms with Gasteiger partial charge in [0, 0.05) is 49.6 Å². The van der Waals surface area contributed by atoms with E-state index >= 15 is 0 Å². The molecule has 3 aromatic rings. The number of aromatic hydroxyl groups is 1. The average molecular weight is 873 g/mol. The van der Waals surface area contributed by atoms with Crippen LogP contribution in [0.3, 0.4) is 0 Å². The van der Waals surface area contributed by atoms with Gasteiger partial charge in [0.1, 0.15) is 30.0 Å². The van der Waals surface area contributed by atoms with Gasteiger partial charge in [-0.2, -0.15) is 12.6 Å². The quantitative estimate of drug-likeness (QED) is 0.0234. The van der Waals surface area contributed by atoms with Gasteiger partial charge in [-0.15, -0.1) is 0 Å². The second-order valence-corrected chi connectivity index (χ2v) is 14.8. The van der Waals surface area contributed by atoms with Gasteiger partial charge in [0.15, 0.2) is 6.10 Å². The van der Waals surface area contributed by atoms with Crippen molar-refractivity contribution in [1.82, 2.24) is 36.5 Å². The minimum atomic E-state index is -1.19. The van der Waals surface area contributed by atoms with E-state index in [4.69, 9.17) is 9.47 Å².